The molecule has 0 radical (unpaired) electrons. The summed E-state index contributed by atoms with van der Waals surface area (Å²) in [6.07, 6.45) is 1.84. The van der Waals surface area contributed by atoms with E-state index in [0.29, 0.717) is 6.61 Å². The Balaban J connectivity index is 2.16. The van der Waals surface area contributed by atoms with Crippen LogP contribution in [-0.2, 0) is 4.74 Å². The summed E-state index contributed by atoms with van der Waals surface area (Å²) in [6.45, 7) is 1.50. The Labute approximate surface area is 119 Å². The van der Waals surface area contributed by atoms with Gasteiger partial charge in [0.25, 0.3) is 0 Å². The van der Waals surface area contributed by atoms with Crippen LogP contribution in [0.25, 0.3) is 0 Å². The van der Waals surface area contributed by atoms with E-state index in [2.05, 4.69) is 38.4 Å². The van der Waals surface area contributed by atoms with Gasteiger partial charge in [-0.2, -0.15) is 0 Å². The minimum absolute atomic E-state index is 0.133. The van der Waals surface area contributed by atoms with E-state index in [1.807, 2.05) is 23.7 Å². The highest BCUT2D eigenvalue weighted by atomic mass is 79.9. The molecule has 0 aliphatic rings. The molecular weight excluding hydrogens is 312 g/mol. The Morgan fingerprint density at radius 3 is 2.78 bits per heavy atom. The van der Waals surface area contributed by atoms with Crippen molar-refractivity contribution < 1.29 is 4.74 Å². The minimum atomic E-state index is 0.133. The number of nitrogens with one attached hydrogen (secondary N) is 1. The lowest BCUT2D eigenvalue weighted by Gasteiger charge is -2.16. The highest BCUT2D eigenvalue weighted by molar-refractivity contribution is 9.10. The van der Waals surface area contributed by atoms with Crippen LogP contribution < -0.4 is 5.32 Å². The normalized spacial score (nSPS) is 12.6. The maximum Gasteiger partial charge on any atom is 0.114 e. The Kier molecular flexibility index (Phi) is 5.31. The van der Waals surface area contributed by atoms with E-state index < -0.39 is 0 Å². The number of rotatable bonds is 6. The van der Waals surface area contributed by atoms with Crippen molar-refractivity contribution in [3.8, 4) is 0 Å². The molecule has 0 aliphatic heterocycles. The Hall–Kier alpha value is -0.750. The molecule has 0 fully saturated rings. The second kappa shape index (κ2) is 6.99. The van der Waals surface area contributed by atoms with Crippen molar-refractivity contribution in [2.75, 3.05) is 20.3 Å². The van der Waals surface area contributed by atoms with Gasteiger partial charge < -0.3 is 10.1 Å². The van der Waals surface area contributed by atoms with Gasteiger partial charge in [-0.1, -0.05) is 28.1 Å². The van der Waals surface area contributed by atoms with Gasteiger partial charge in [0.15, 0.2) is 0 Å². The van der Waals surface area contributed by atoms with E-state index in [9.17, 15) is 0 Å². The van der Waals surface area contributed by atoms with Gasteiger partial charge in [-0.05, 0) is 17.7 Å². The lowest BCUT2D eigenvalue weighted by molar-refractivity contribution is 0.197. The molecule has 5 heteroatoms. The molecule has 2 aromatic rings. The number of benzene rings is 1. The molecule has 1 aromatic heterocycles. The Morgan fingerprint density at radius 1 is 1.39 bits per heavy atom. The molecular formula is C13H15BrN2OS. The fourth-order valence-corrected chi connectivity index (χ4v) is 2.69. The number of nitrogens with zero attached hydrogens (tertiary/aromatic N) is 1. The molecule has 96 valence electrons. The van der Waals surface area contributed by atoms with Gasteiger partial charge >= 0.3 is 0 Å². The lowest BCUT2D eigenvalue weighted by Crippen LogP contribution is -2.25. The van der Waals surface area contributed by atoms with Gasteiger partial charge in [0.05, 0.1) is 12.6 Å². The minimum Gasteiger partial charge on any atom is -0.383 e. The first-order valence-electron chi connectivity index (χ1n) is 5.68. The third-order valence-corrected chi connectivity index (χ3v) is 3.93. The van der Waals surface area contributed by atoms with Crippen molar-refractivity contribution in [3.05, 3.63) is 50.9 Å². The molecule has 1 atom stereocenters. The molecule has 0 aliphatic carbocycles. The van der Waals surface area contributed by atoms with Crippen LogP contribution in [0.4, 0.5) is 0 Å². The highest BCUT2D eigenvalue weighted by Gasteiger charge is 2.15. The Bertz CT molecular complexity index is 458. The maximum atomic E-state index is 5.08. The summed E-state index contributed by atoms with van der Waals surface area (Å²) in [4.78, 5) is 4.40. The topological polar surface area (TPSA) is 34.1 Å². The van der Waals surface area contributed by atoms with E-state index in [1.54, 1.807) is 18.4 Å². The molecule has 0 spiro atoms. The molecule has 0 saturated carbocycles. The quantitative estimate of drug-likeness (QED) is 0.827. The molecule has 0 bridgehead atoms. The number of halogens is 1. The van der Waals surface area contributed by atoms with Crippen molar-refractivity contribution in [2.45, 2.75) is 6.04 Å². The molecule has 18 heavy (non-hydrogen) atoms. The van der Waals surface area contributed by atoms with Crippen molar-refractivity contribution in [2.24, 2.45) is 0 Å². The first-order valence-corrected chi connectivity index (χ1v) is 7.35. The number of hydrogen-bond acceptors (Lipinski definition) is 4. The number of methoxy groups -OCH3 is 1. The number of hydrogen-bond donors (Lipinski definition) is 1. The molecule has 1 N–H and O–H groups in total. The van der Waals surface area contributed by atoms with E-state index in [4.69, 9.17) is 4.74 Å². The summed E-state index contributed by atoms with van der Waals surface area (Å²) in [5.41, 5.74) is 1.21. The monoisotopic (exact) mass is 326 g/mol. The predicted molar refractivity (Wildman–Crippen MR) is 78.0 cm³/mol. The van der Waals surface area contributed by atoms with Crippen molar-refractivity contribution in [1.29, 1.82) is 0 Å². The molecule has 1 unspecified atom stereocenters. The van der Waals surface area contributed by atoms with E-state index >= 15 is 0 Å². The fraction of sp³-hybridized carbons (Fsp3) is 0.308. The number of aromatic nitrogens is 1. The number of ether oxygens (including phenoxy) is 1. The van der Waals surface area contributed by atoms with Gasteiger partial charge in [0.1, 0.15) is 5.01 Å². The van der Waals surface area contributed by atoms with E-state index in [-0.39, 0.29) is 6.04 Å². The fourth-order valence-electron chi connectivity index (χ4n) is 1.69. The molecule has 3 nitrogen and oxygen atoms in total. The first-order chi connectivity index (χ1) is 8.81. The zero-order valence-corrected chi connectivity index (χ0v) is 12.5. The van der Waals surface area contributed by atoms with Crippen molar-refractivity contribution in [3.63, 3.8) is 0 Å². The third-order valence-electron chi connectivity index (χ3n) is 2.56. The van der Waals surface area contributed by atoms with Crippen LogP contribution in [0.3, 0.4) is 0 Å². The smallest absolute Gasteiger partial charge is 0.114 e. The van der Waals surface area contributed by atoms with Crippen molar-refractivity contribution in [1.82, 2.24) is 10.3 Å². The van der Waals surface area contributed by atoms with E-state index in [0.717, 1.165) is 16.0 Å². The largest absolute Gasteiger partial charge is 0.383 e. The van der Waals surface area contributed by atoms with Crippen LogP contribution in [0.5, 0.6) is 0 Å². The third kappa shape index (κ3) is 3.62. The molecule has 2 rings (SSSR count). The Morgan fingerprint density at radius 2 is 2.17 bits per heavy atom. The summed E-state index contributed by atoms with van der Waals surface area (Å²) in [7, 11) is 1.71. The number of thiazole rings is 1. The zero-order chi connectivity index (χ0) is 12.8. The van der Waals surface area contributed by atoms with Gasteiger partial charge in [0.2, 0.25) is 0 Å². The van der Waals surface area contributed by atoms with Crippen LogP contribution in [0.1, 0.15) is 16.6 Å². The van der Waals surface area contributed by atoms with E-state index in [1.165, 1.54) is 5.56 Å². The highest BCUT2D eigenvalue weighted by Crippen LogP contribution is 2.24. The molecule has 0 amide bonds. The van der Waals surface area contributed by atoms with Gasteiger partial charge in [-0.3, -0.25) is 0 Å². The van der Waals surface area contributed by atoms with Gasteiger partial charge in [0, 0.05) is 29.7 Å². The summed E-state index contributed by atoms with van der Waals surface area (Å²) in [6, 6.07) is 8.45. The SMILES string of the molecule is COCCNC(c1ccc(Br)cc1)c1nccs1. The molecule has 0 saturated heterocycles. The molecule has 1 aromatic carbocycles. The van der Waals surface area contributed by atoms with Crippen LogP contribution >= 0.6 is 27.3 Å². The van der Waals surface area contributed by atoms with Crippen LogP contribution in [-0.4, -0.2) is 25.2 Å². The van der Waals surface area contributed by atoms with Gasteiger partial charge in [-0.25, -0.2) is 4.98 Å². The van der Waals surface area contributed by atoms with Crippen molar-refractivity contribution >= 4 is 27.3 Å². The predicted octanol–water partition coefficient (Wildman–Crippen LogP) is 3.23. The second-order valence-electron chi connectivity index (χ2n) is 3.80. The maximum absolute atomic E-state index is 5.08. The first kappa shape index (κ1) is 13.7. The summed E-state index contributed by atoms with van der Waals surface area (Å²) in [5.74, 6) is 0. The van der Waals surface area contributed by atoms with Crippen LogP contribution in [0.15, 0.2) is 40.3 Å². The van der Waals surface area contributed by atoms with Gasteiger partial charge in [-0.15, -0.1) is 11.3 Å². The average molecular weight is 327 g/mol. The summed E-state index contributed by atoms with van der Waals surface area (Å²) >= 11 is 5.12. The van der Waals surface area contributed by atoms with Crippen LogP contribution in [0.2, 0.25) is 0 Å². The summed E-state index contributed by atoms with van der Waals surface area (Å²) < 4.78 is 6.16. The van der Waals surface area contributed by atoms with Crippen LogP contribution in [0, 0.1) is 0 Å². The second-order valence-corrected chi connectivity index (χ2v) is 5.64. The zero-order valence-electron chi connectivity index (χ0n) is 10.1. The summed E-state index contributed by atoms with van der Waals surface area (Å²) in [5, 5.41) is 6.54. The lowest BCUT2D eigenvalue weighted by atomic mass is 10.1. The molecule has 1 heterocycles. The standard InChI is InChI=1S/C13H15BrN2OS/c1-17-8-6-15-12(13-16-7-9-18-13)10-2-4-11(14)5-3-10/h2-5,7,9,12,15H,6,8H2,1H3. The average Bonchev–Trinajstić information content (AvgIpc) is 2.90.